The summed E-state index contributed by atoms with van der Waals surface area (Å²) in [6.07, 6.45) is 6.47. The molecule has 0 radical (unpaired) electrons. The number of nitrogens with zero attached hydrogens (tertiary/aromatic N) is 4. The number of likely N-dealkylation sites (tertiary alicyclic amines) is 2. The van der Waals surface area contributed by atoms with Crippen LogP contribution in [0.15, 0.2) is 12.3 Å². The van der Waals surface area contributed by atoms with E-state index in [1.165, 1.54) is 19.3 Å². The second-order valence-corrected chi connectivity index (χ2v) is 6.12. The minimum absolute atomic E-state index is 0.409. The molecule has 0 unspecified atom stereocenters. The molecule has 1 aromatic heterocycles. The molecule has 2 aliphatic rings. The summed E-state index contributed by atoms with van der Waals surface area (Å²) in [6.45, 7) is 3.56. The Bertz CT molecular complexity index is 550. The van der Waals surface area contributed by atoms with E-state index in [0.29, 0.717) is 24.9 Å². The van der Waals surface area contributed by atoms with Crippen LogP contribution in [0.1, 0.15) is 25.7 Å². The van der Waals surface area contributed by atoms with Crippen LogP contribution in [0.4, 0.5) is 5.82 Å². The number of nitrogens with one attached hydrogen (secondary N) is 1. The van der Waals surface area contributed by atoms with E-state index in [-0.39, 0.29) is 0 Å². The zero-order valence-corrected chi connectivity index (χ0v) is 13.0. The Kier molecular flexibility index (Phi) is 4.42. The van der Waals surface area contributed by atoms with Crippen molar-refractivity contribution in [3.8, 4) is 0 Å². The van der Waals surface area contributed by atoms with Gasteiger partial charge in [-0.05, 0) is 32.4 Å². The van der Waals surface area contributed by atoms with E-state index in [2.05, 4.69) is 15.3 Å². The first-order valence-corrected chi connectivity index (χ1v) is 7.97. The maximum absolute atomic E-state index is 12.2. The van der Waals surface area contributed by atoms with Gasteiger partial charge in [0, 0.05) is 38.4 Å². The van der Waals surface area contributed by atoms with Crippen LogP contribution >= 0.6 is 0 Å². The molecule has 2 saturated heterocycles. The summed E-state index contributed by atoms with van der Waals surface area (Å²) in [5, 5.41) is 6.61. The van der Waals surface area contributed by atoms with Gasteiger partial charge in [0.1, 0.15) is 0 Å². The number of carbonyl (C=O) groups excluding carboxylic acids is 2. The Morgan fingerprint density at radius 3 is 2.68 bits per heavy atom. The van der Waals surface area contributed by atoms with Crippen molar-refractivity contribution in [3.63, 3.8) is 0 Å². The third-order valence-corrected chi connectivity index (χ3v) is 4.51. The molecule has 1 atom stereocenters. The Morgan fingerprint density at radius 1 is 1.23 bits per heavy atom. The van der Waals surface area contributed by atoms with Gasteiger partial charge < -0.3 is 10.2 Å². The van der Waals surface area contributed by atoms with Crippen LogP contribution < -0.4 is 5.32 Å². The third kappa shape index (κ3) is 3.30. The van der Waals surface area contributed by atoms with E-state index < -0.39 is 11.8 Å². The Morgan fingerprint density at radius 2 is 2.00 bits per heavy atom. The van der Waals surface area contributed by atoms with Crippen molar-refractivity contribution in [2.75, 3.05) is 31.5 Å². The summed E-state index contributed by atoms with van der Waals surface area (Å²) >= 11 is 0. The molecule has 0 saturated carbocycles. The highest BCUT2D eigenvalue weighted by atomic mass is 16.2. The second kappa shape index (κ2) is 6.48. The molecule has 2 aliphatic heterocycles. The lowest BCUT2D eigenvalue weighted by molar-refractivity contribution is -0.142. The largest absolute Gasteiger partial charge is 0.333 e. The maximum atomic E-state index is 12.2. The van der Waals surface area contributed by atoms with Crippen molar-refractivity contribution in [2.45, 2.75) is 31.7 Å². The minimum Gasteiger partial charge on any atom is -0.333 e. The van der Waals surface area contributed by atoms with Crippen LogP contribution in [0, 0.1) is 0 Å². The smallest absolute Gasteiger partial charge is 0.315 e. The molecule has 0 aromatic carbocycles. The van der Waals surface area contributed by atoms with Gasteiger partial charge in [0.2, 0.25) is 0 Å². The molecule has 2 amide bonds. The van der Waals surface area contributed by atoms with E-state index in [4.69, 9.17) is 0 Å². The number of amides is 2. The topological polar surface area (TPSA) is 70.5 Å². The average molecular weight is 305 g/mol. The van der Waals surface area contributed by atoms with Crippen molar-refractivity contribution in [2.24, 2.45) is 7.05 Å². The van der Waals surface area contributed by atoms with E-state index >= 15 is 0 Å². The number of aryl methyl sites for hydroxylation is 1. The van der Waals surface area contributed by atoms with Gasteiger partial charge in [-0.1, -0.05) is 6.42 Å². The molecule has 7 nitrogen and oxygen atoms in total. The van der Waals surface area contributed by atoms with Crippen LogP contribution in [0.3, 0.4) is 0 Å². The second-order valence-electron chi connectivity index (χ2n) is 6.12. The standard InChI is InChI=1S/C15H23N5O2/c1-18-9-6-13(17-18)16-14(21)15(22)20-10-5-12(11-20)19-7-3-2-4-8-19/h6,9,12H,2-5,7-8,10-11H2,1H3,(H,16,17,21)/t12-/m0/s1. The predicted molar refractivity (Wildman–Crippen MR) is 82.2 cm³/mol. The summed E-state index contributed by atoms with van der Waals surface area (Å²) in [6, 6.07) is 2.08. The monoisotopic (exact) mass is 305 g/mol. The Balaban J connectivity index is 1.53. The van der Waals surface area contributed by atoms with E-state index in [0.717, 1.165) is 19.5 Å². The summed E-state index contributed by atoms with van der Waals surface area (Å²) in [4.78, 5) is 28.4. The molecule has 3 rings (SSSR count). The molecule has 0 spiro atoms. The van der Waals surface area contributed by atoms with Gasteiger partial charge in [-0.2, -0.15) is 5.10 Å². The molecule has 1 N–H and O–H groups in total. The van der Waals surface area contributed by atoms with E-state index in [1.54, 1.807) is 28.9 Å². The summed E-state index contributed by atoms with van der Waals surface area (Å²) in [5.41, 5.74) is 0. The molecular formula is C15H23N5O2. The van der Waals surface area contributed by atoms with E-state index in [1.807, 2.05) is 0 Å². The number of hydrogen-bond donors (Lipinski definition) is 1. The van der Waals surface area contributed by atoms with Gasteiger partial charge >= 0.3 is 11.8 Å². The fourth-order valence-electron chi connectivity index (χ4n) is 3.30. The first-order valence-electron chi connectivity index (χ1n) is 7.97. The predicted octanol–water partition coefficient (Wildman–Crippen LogP) is 0.445. The highest BCUT2D eigenvalue weighted by Crippen LogP contribution is 2.20. The van der Waals surface area contributed by atoms with Gasteiger partial charge in [0.25, 0.3) is 0 Å². The maximum Gasteiger partial charge on any atom is 0.315 e. The number of aromatic nitrogens is 2. The van der Waals surface area contributed by atoms with Crippen LogP contribution in [0.25, 0.3) is 0 Å². The third-order valence-electron chi connectivity index (χ3n) is 4.51. The Hall–Kier alpha value is -1.89. The quantitative estimate of drug-likeness (QED) is 0.805. The lowest BCUT2D eigenvalue weighted by Crippen LogP contribution is -2.43. The SMILES string of the molecule is Cn1ccc(NC(=O)C(=O)N2CC[C@H](N3CCCCC3)C2)n1. The molecule has 3 heterocycles. The summed E-state index contributed by atoms with van der Waals surface area (Å²) < 4.78 is 1.59. The lowest BCUT2D eigenvalue weighted by atomic mass is 10.1. The number of rotatable bonds is 2. The van der Waals surface area contributed by atoms with Crippen molar-refractivity contribution in [1.82, 2.24) is 19.6 Å². The van der Waals surface area contributed by atoms with Gasteiger partial charge in [0.15, 0.2) is 5.82 Å². The van der Waals surface area contributed by atoms with E-state index in [9.17, 15) is 9.59 Å². The molecule has 0 bridgehead atoms. The first-order chi connectivity index (χ1) is 10.6. The molecule has 22 heavy (non-hydrogen) atoms. The molecular weight excluding hydrogens is 282 g/mol. The zero-order chi connectivity index (χ0) is 15.5. The van der Waals surface area contributed by atoms with Crippen molar-refractivity contribution in [1.29, 1.82) is 0 Å². The van der Waals surface area contributed by atoms with Crippen LogP contribution in [0.2, 0.25) is 0 Å². The molecule has 7 heteroatoms. The van der Waals surface area contributed by atoms with Crippen molar-refractivity contribution in [3.05, 3.63) is 12.3 Å². The molecule has 2 fully saturated rings. The van der Waals surface area contributed by atoms with Crippen LogP contribution in [0.5, 0.6) is 0 Å². The normalized spacial score (nSPS) is 22.8. The van der Waals surface area contributed by atoms with Crippen molar-refractivity contribution >= 4 is 17.6 Å². The fraction of sp³-hybridized carbons (Fsp3) is 0.667. The number of anilines is 1. The van der Waals surface area contributed by atoms with Gasteiger partial charge in [-0.25, -0.2) is 0 Å². The summed E-state index contributed by atoms with van der Waals surface area (Å²) in [5.74, 6) is -0.643. The van der Waals surface area contributed by atoms with Gasteiger partial charge in [-0.15, -0.1) is 0 Å². The zero-order valence-electron chi connectivity index (χ0n) is 13.0. The molecule has 120 valence electrons. The van der Waals surface area contributed by atoms with Gasteiger partial charge in [0.05, 0.1) is 0 Å². The summed E-state index contributed by atoms with van der Waals surface area (Å²) in [7, 11) is 1.77. The Labute approximate surface area is 130 Å². The highest BCUT2D eigenvalue weighted by Gasteiger charge is 2.33. The fourth-order valence-corrected chi connectivity index (χ4v) is 3.30. The van der Waals surface area contributed by atoms with Crippen LogP contribution in [-0.2, 0) is 16.6 Å². The highest BCUT2D eigenvalue weighted by molar-refractivity contribution is 6.39. The van der Waals surface area contributed by atoms with Crippen LogP contribution in [-0.4, -0.2) is 63.6 Å². The molecule has 1 aromatic rings. The lowest BCUT2D eigenvalue weighted by Gasteiger charge is -2.32. The first kappa shape index (κ1) is 15.0. The number of carbonyl (C=O) groups is 2. The molecule has 0 aliphatic carbocycles. The van der Waals surface area contributed by atoms with Crippen molar-refractivity contribution < 1.29 is 9.59 Å². The average Bonchev–Trinajstić information content (AvgIpc) is 3.17. The number of piperidine rings is 1. The minimum atomic E-state index is -0.599. The van der Waals surface area contributed by atoms with Gasteiger partial charge in [-0.3, -0.25) is 19.2 Å². The number of hydrogen-bond acceptors (Lipinski definition) is 4.